The Kier molecular flexibility index (Phi) is 3.54. The lowest BCUT2D eigenvalue weighted by Crippen LogP contribution is -2.41. The first-order valence-corrected chi connectivity index (χ1v) is 8.51. The molecular weight excluding hydrogens is 271 g/mol. The van der Waals surface area contributed by atoms with Gasteiger partial charge < -0.3 is 9.31 Å². The van der Waals surface area contributed by atoms with Gasteiger partial charge in [0.2, 0.25) is 0 Å². The molecule has 3 heteroatoms. The molecule has 1 saturated carbocycles. The monoisotopic (exact) mass is 300 g/mol. The van der Waals surface area contributed by atoms with Crippen molar-refractivity contribution in [2.75, 3.05) is 0 Å². The third-order valence-corrected chi connectivity index (χ3v) is 5.42. The summed E-state index contributed by atoms with van der Waals surface area (Å²) in [5, 5.41) is 0. The van der Waals surface area contributed by atoms with E-state index in [1.807, 2.05) is 0 Å². The Hall–Kier alpha value is -0.795. The summed E-state index contributed by atoms with van der Waals surface area (Å²) >= 11 is 0. The first-order valence-electron chi connectivity index (χ1n) is 8.51. The van der Waals surface area contributed by atoms with Gasteiger partial charge in [0, 0.05) is 0 Å². The summed E-state index contributed by atoms with van der Waals surface area (Å²) in [6, 6.07) is 6.95. The molecule has 1 heterocycles. The van der Waals surface area contributed by atoms with E-state index in [2.05, 4.69) is 66.7 Å². The minimum atomic E-state index is -0.283. The fraction of sp³-hybridized carbons (Fsp3) is 0.684. The highest BCUT2D eigenvalue weighted by molar-refractivity contribution is 6.62. The van der Waals surface area contributed by atoms with E-state index < -0.39 is 0 Å². The Morgan fingerprint density at radius 2 is 1.50 bits per heavy atom. The van der Waals surface area contributed by atoms with Crippen LogP contribution in [0.4, 0.5) is 0 Å². The van der Waals surface area contributed by atoms with Gasteiger partial charge in [-0.1, -0.05) is 39.0 Å². The molecule has 2 aliphatic rings. The van der Waals surface area contributed by atoms with Crippen LogP contribution in [0.1, 0.15) is 78.4 Å². The van der Waals surface area contributed by atoms with Gasteiger partial charge in [-0.2, -0.15) is 0 Å². The topological polar surface area (TPSA) is 18.5 Å². The second kappa shape index (κ2) is 4.85. The highest BCUT2D eigenvalue weighted by atomic mass is 16.7. The van der Waals surface area contributed by atoms with E-state index >= 15 is 0 Å². The van der Waals surface area contributed by atoms with Gasteiger partial charge >= 0.3 is 7.12 Å². The van der Waals surface area contributed by atoms with E-state index in [-0.39, 0.29) is 23.7 Å². The van der Waals surface area contributed by atoms with Crippen LogP contribution in [0, 0.1) is 0 Å². The van der Waals surface area contributed by atoms with Crippen molar-refractivity contribution in [3.05, 3.63) is 29.3 Å². The number of benzene rings is 1. The molecule has 0 radical (unpaired) electrons. The van der Waals surface area contributed by atoms with Crippen LogP contribution < -0.4 is 5.46 Å². The summed E-state index contributed by atoms with van der Waals surface area (Å²) in [6.45, 7) is 15.3. The van der Waals surface area contributed by atoms with E-state index in [0.717, 1.165) is 5.92 Å². The first kappa shape index (κ1) is 16.1. The molecule has 2 nitrogen and oxygen atoms in total. The largest absolute Gasteiger partial charge is 0.494 e. The lowest BCUT2D eigenvalue weighted by molar-refractivity contribution is 0.00578. The number of hydrogen-bond acceptors (Lipinski definition) is 2. The number of rotatable bonds is 2. The van der Waals surface area contributed by atoms with E-state index in [9.17, 15) is 0 Å². The van der Waals surface area contributed by atoms with Crippen molar-refractivity contribution in [2.45, 2.75) is 83.8 Å². The molecule has 0 spiro atoms. The quantitative estimate of drug-likeness (QED) is 0.764. The molecule has 0 unspecified atom stereocenters. The molecule has 1 aromatic carbocycles. The van der Waals surface area contributed by atoms with E-state index in [1.165, 1.54) is 29.4 Å². The zero-order chi connectivity index (χ0) is 16.3. The van der Waals surface area contributed by atoms with Crippen LogP contribution >= 0.6 is 0 Å². The average Bonchev–Trinajstić information content (AvgIpc) is 3.16. The maximum atomic E-state index is 6.25. The molecule has 22 heavy (non-hydrogen) atoms. The summed E-state index contributed by atoms with van der Waals surface area (Å²) in [6.07, 6.45) is 2.63. The normalized spacial score (nSPS) is 23.9. The maximum absolute atomic E-state index is 6.25. The molecule has 2 fully saturated rings. The Morgan fingerprint density at radius 3 is 1.95 bits per heavy atom. The average molecular weight is 300 g/mol. The van der Waals surface area contributed by atoms with Crippen LogP contribution in [0.15, 0.2) is 18.2 Å². The van der Waals surface area contributed by atoms with Crippen LogP contribution in [0.25, 0.3) is 0 Å². The zero-order valence-corrected chi connectivity index (χ0v) is 15.1. The Labute approximate surface area is 135 Å². The molecule has 1 saturated heterocycles. The number of hydrogen-bond donors (Lipinski definition) is 0. The minimum absolute atomic E-state index is 0.142. The van der Waals surface area contributed by atoms with Crippen molar-refractivity contribution >= 4 is 12.6 Å². The van der Waals surface area contributed by atoms with Gasteiger partial charge in [-0.25, -0.2) is 0 Å². The Balaban J connectivity index is 1.99. The van der Waals surface area contributed by atoms with E-state index in [0.29, 0.717) is 0 Å². The first-order chi connectivity index (χ1) is 9.99. The third kappa shape index (κ3) is 2.86. The minimum Gasteiger partial charge on any atom is -0.399 e. The highest BCUT2D eigenvalue weighted by Crippen LogP contribution is 2.42. The summed E-state index contributed by atoms with van der Waals surface area (Å²) < 4.78 is 12.5. The molecule has 1 aliphatic heterocycles. The molecule has 0 amide bonds. The zero-order valence-electron chi connectivity index (χ0n) is 15.1. The van der Waals surface area contributed by atoms with Gasteiger partial charge in [0.05, 0.1) is 11.2 Å². The molecule has 0 N–H and O–H groups in total. The van der Waals surface area contributed by atoms with Crippen LogP contribution in [-0.2, 0) is 14.7 Å². The lowest BCUT2D eigenvalue weighted by Gasteiger charge is -2.32. The molecule has 1 aliphatic carbocycles. The summed E-state index contributed by atoms with van der Waals surface area (Å²) in [7, 11) is -0.259. The van der Waals surface area contributed by atoms with Gasteiger partial charge in [-0.15, -0.1) is 0 Å². The van der Waals surface area contributed by atoms with Crippen molar-refractivity contribution in [1.29, 1.82) is 0 Å². The van der Waals surface area contributed by atoms with Crippen LogP contribution in [0.2, 0.25) is 0 Å². The molecule has 3 rings (SSSR count). The van der Waals surface area contributed by atoms with Crippen LogP contribution in [-0.4, -0.2) is 18.3 Å². The second-order valence-electron chi connectivity index (χ2n) is 9.00. The van der Waals surface area contributed by atoms with Gasteiger partial charge in [0.25, 0.3) is 0 Å². The van der Waals surface area contributed by atoms with Crippen LogP contribution in [0.3, 0.4) is 0 Å². The molecular formula is C19H29BO2. The van der Waals surface area contributed by atoms with Crippen molar-refractivity contribution in [3.63, 3.8) is 0 Å². The van der Waals surface area contributed by atoms with Crippen molar-refractivity contribution in [2.24, 2.45) is 0 Å². The van der Waals surface area contributed by atoms with Gasteiger partial charge in [-0.05, 0) is 68.5 Å². The molecule has 0 bridgehead atoms. The Morgan fingerprint density at radius 1 is 0.955 bits per heavy atom. The van der Waals surface area contributed by atoms with Crippen molar-refractivity contribution < 1.29 is 9.31 Å². The predicted octanol–water partition coefficient (Wildman–Crippen LogP) is 4.16. The highest BCUT2D eigenvalue weighted by Gasteiger charge is 2.52. The fourth-order valence-corrected chi connectivity index (χ4v) is 2.88. The van der Waals surface area contributed by atoms with Crippen molar-refractivity contribution in [3.8, 4) is 0 Å². The molecule has 0 aromatic heterocycles. The standard InChI is InChI=1S/C19H29BO2/c1-17(2,3)15-10-14(13-8-9-13)11-16(12-15)20-21-18(4,5)19(6,7)22-20/h10-13H,8-9H2,1-7H3. The SMILES string of the molecule is CC(C)(C)c1cc(B2OC(C)(C)C(C)(C)O2)cc(C2CC2)c1. The van der Waals surface area contributed by atoms with E-state index in [4.69, 9.17) is 9.31 Å². The molecule has 0 atom stereocenters. The Bertz CT molecular complexity index is 564. The van der Waals surface area contributed by atoms with Gasteiger partial charge in [0.15, 0.2) is 0 Å². The summed E-state index contributed by atoms with van der Waals surface area (Å²) in [5.74, 6) is 0.739. The third-order valence-electron chi connectivity index (χ3n) is 5.42. The summed E-state index contributed by atoms with van der Waals surface area (Å²) in [4.78, 5) is 0. The summed E-state index contributed by atoms with van der Waals surface area (Å²) in [5.41, 5.74) is 3.58. The smallest absolute Gasteiger partial charge is 0.399 e. The fourth-order valence-electron chi connectivity index (χ4n) is 2.88. The van der Waals surface area contributed by atoms with E-state index in [1.54, 1.807) is 0 Å². The second-order valence-corrected chi connectivity index (χ2v) is 9.00. The predicted molar refractivity (Wildman–Crippen MR) is 92.8 cm³/mol. The van der Waals surface area contributed by atoms with Crippen molar-refractivity contribution in [1.82, 2.24) is 0 Å². The maximum Gasteiger partial charge on any atom is 0.494 e. The van der Waals surface area contributed by atoms with Gasteiger partial charge in [0.1, 0.15) is 0 Å². The van der Waals surface area contributed by atoms with Gasteiger partial charge in [-0.3, -0.25) is 0 Å². The lowest BCUT2D eigenvalue weighted by atomic mass is 9.74. The molecule has 120 valence electrons. The molecule has 1 aromatic rings. The van der Waals surface area contributed by atoms with Crippen LogP contribution in [0.5, 0.6) is 0 Å².